The molecule has 0 bridgehead atoms. The maximum absolute atomic E-state index is 11.3. The summed E-state index contributed by atoms with van der Waals surface area (Å²) in [5.74, 6) is 0.154. The van der Waals surface area contributed by atoms with Crippen LogP contribution in [-0.4, -0.2) is 39.5 Å². The van der Waals surface area contributed by atoms with Crippen LogP contribution in [0.1, 0.15) is 6.42 Å². The number of H-pyrrole nitrogens is 2. The van der Waals surface area contributed by atoms with E-state index in [1.807, 2.05) is 0 Å². The quantitative estimate of drug-likeness (QED) is 0.485. The number of β-amino-alcohol motifs (C(OH)–C–C–N with tert-alkyl or cyclic N) is 1. The SMILES string of the molecule is O=c1[nH]nc(N2CC[C@@H](O)C2)c(=O)[nH]1. The van der Waals surface area contributed by atoms with Crippen LogP contribution in [0.5, 0.6) is 0 Å². The topological polar surface area (TPSA) is 102 Å². The standard InChI is InChI=1S/C7H10N4O3/c12-4-1-2-11(3-4)5-6(13)8-7(14)10-9-5/h4,12H,1-3H2,(H2,8,10,13,14)/t4-/m1/s1. The van der Waals surface area contributed by atoms with Gasteiger partial charge < -0.3 is 10.0 Å². The number of aromatic nitrogens is 3. The lowest BCUT2D eigenvalue weighted by Crippen LogP contribution is -2.33. The van der Waals surface area contributed by atoms with E-state index in [1.54, 1.807) is 4.90 Å². The second-order valence-electron chi connectivity index (χ2n) is 3.22. The average Bonchev–Trinajstić information content (AvgIpc) is 2.51. The molecule has 2 heterocycles. The van der Waals surface area contributed by atoms with Gasteiger partial charge in [0.15, 0.2) is 0 Å². The third kappa shape index (κ3) is 1.53. The minimum Gasteiger partial charge on any atom is -0.391 e. The maximum Gasteiger partial charge on any atom is 0.342 e. The Morgan fingerprint density at radius 2 is 2.29 bits per heavy atom. The molecule has 7 heteroatoms. The molecule has 0 aromatic carbocycles. The molecule has 1 aromatic rings. The average molecular weight is 198 g/mol. The number of aliphatic hydroxyl groups is 1. The number of hydrogen-bond donors (Lipinski definition) is 3. The lowest BCUT2D eigenvalue weighted by atomic mass is 10.3. The fourth-order valence-corrected chi connectivity index (χ4v) is 1.49. The van der Waals surface area contributed by atoms with Crippen molar-refractivity contribution in [3.8, 4) is 0 Å². The first-order valence-electron chi connectivity index (χ1n) is 4.29. The molecule has 1 fully saturated rings. The van der Waals surface area contributed by atoms with Crippen molar-refractivity contribution in [1.29, 1.82) is 0 Å². The minimum absolute atomic E-state index is 0.154. The van der Waals surface area contributed by atoms with Gasteiger partial charge in [0.1, 0.15) is 0 Å². The Morgan fingerprint density at radius 3 is 2.86 bits per heavy atom. The van der Waals surface area contributed by atoms with Gasteiger partial charge >= 0.3 is 5.69 Å². The van der Waals surface area contributed by atoms with Crippen LogP contribution < -0.4 is 16.1 Å². The lowest BCUT2D eigenvalue weighted by Gasteiger charge is -2.13. The lowest BCUT2D eigenvalue weighted by molar-refractivity contribution is 0.198. The Kier molecular flexibility index (Phi) is 2.08. The van der Waals surface area contributed by atoms with Crippen LogP contribution in [0.3, 0.4) is 0 Å². The summed E-state index contributed by atoms with van der Waals surface area (Å²) in [5, 5.41) is 15.0. The minimum atomic E-state index is -0.626. The van der Waals surface area contributed by atoms with E-state index in [9.17, 15) is 14.7 Å². The van der Waals surface area contributed by atoms with Crippen LogP contribution in [-0.2, 0) is 0 Å². The van der Waals surface area contributed by atoms with E-state index in [0.717, 1.165) is 0 Å². The highest BCUT2D eigenvalue weighted by atomic mass is 16.3. The first kappa shape index (κ1) is 8.95. The first-order chi connectivity index (χ1) is 6.66. The summed E-state index contributed by atoms with van der Waals surface area (Å²) in [7, 11) is 0. The molecule has 3 N–H and O–H groups in total. The Labute approximate surface area is 78.4 Å². The summed E-state index contributed by atoms with van der Waals surface area (Å²) in [6, 6.07) is 0. The second kappa shape index (κ2) is 3.26. The van der Waals surface area contributed by atoms with Gasteiger partial charge in [-0.1, -0.05) is 0 Å². The van der Waals surface area contributed by atoms with Gasteiger partial charge in [0.05, 0.1) is 6.10 Å². The predicted molar refractivity (Wildman–Crippen MR) is 48.3 cm³/mol. The fraction of sp³-hybridized carbons (Fsp3) is 0.571. The summed E-state index contributed by atoms with van der Waals surface area (Å²) in [4.78, 5) is 25.7. The van der Waals surface area contributed by atoms with Crippen LogP contribution in [0, 0.1) is 0 Å². The zero-order chi connectivity index (χ0) is 10.1. The monoisotopic (exact) mass is 198 g/mol. The van der Waals surface area contributed by atoms with Crippen molar-refractivity contribution < 1.29 is 5.11 Å². The summed E-state index contributed by atoms with van der Waals surface area (Å²) in [5.41, 5.74) is -1.15. The molecule has 0 unspecified atom stereocenters. The van der Waals surface area contributed by atoms with Gasteiger partial charge in [0, 0.05) is 13.1 Å². The summed E-state index contributed by atoms with van der Waals surface area (Å²) in [6.45, 7) is 0.950. The second-order valence-corrected chi connectivity index (χ2v) is 3.22. The fourth-order valence-electron chi connectivity index (χ4n) is 1.49. The number of rotatable bonds is 1. The van der Waals surface area contributed by atoms with E-state index < -0.39 is 17.4 Å². The predicted octanol–water partition coefficient (Wildman–Crippen LogP) is -1.97. The number of aromatic amines is 2. The van der Waals surface area contributed by atoms with Crippen molar-refractivity contribution in [3.05, 3.63) is 20.8 Å². The normalized spacial score (nSPS) is 21.5. The van der Waals surface area contributed by atoms with E-state index >= 15 is 0 Å². The third-order valence-electron chi connectivity index (χ3n) is 2.16. The Morgan fingerprint density at radius 1 is 1.50 bits per heavy atom. The number of anilines is 1. The molecule has 1 saturated heterocycles. The number of nitrogens with zero attached hydrogens (tertiary/aromatic N) is 2. The highest BCUT2D eigenvalue weighted by molar-refractivity contribution is 5.35. The van der Waals surface area contributed by atoms with Crippen molar-refractivity contribution in [2.24, 2.45) is 0 Å². The number of aliphatic hydroxyl groups excluding tert-OH is 1. The van der Waals surface area contributed by atoms with E-state index in [0.29, 0.717) is 19.5 Å². The Hall–Kier alpha value is -1.63. The highest BCUT2D eigenvalue weighted by Crippen LogP contribution is 2.12. The summed E-state index contributed by atoms with van der Waals surface area (Å²) in [6.07, 6.45) is 0.184. The molecule has 1 aliphatic heterocycles. The van der Waals surface area contributed by atoms with Crippen LogP contribution in [0.2, 0.25) is 0 Å². The summed E-state index contributed by atoms with van der Waals surface area (Å²) < 4.78 is 0. The van der Waals surface area contributed by atoms with E-state index in [-0.39, 0.29) is 5.82 Å². The molecule has 1 aromatic heterocycles. The number of hydrogen-bond acceptors (Lipinski definition) is 5. The van der Waals surface area contributed by atoms with Gasteiger partial charge in [-0.15, -0.1) is 5.10 Å². The van der Waals surface area contributed by atoms with Crippen molar-refractivity contribution in [2.45, 2.75) is 12.5 Å². The molecule has 14 heavy (non-hydrogen) atoms. The molecule has 2 rings (SSSR count). The van der Waals surface area contributed by atoms with Crippen molar-refractivity contribution in [2.75, 3.05) is 18.0 Å². The van der Waals surface area contributed by atoms with Crippen molar-refractivity contribution in [1.82, 2.24) is 15.2 Å². The zero-order valence-electron chi connectivity index (χ0n) is 7.36. The molecule has 0 saturated carbocycles. The van der Waals surface area contributed by atoms with Gasteiger partial charge in [-0.3, -0.25) is 9.78 Å². The first-order valence-corrected chi connectivity index (χ1v) is 4.29. The van der Waals surface area contributed by atoms with Crippen molar-refractivity contribution in [3.63, 3.8) is 0 Å². The van der Waals surface area contributed by atoms with Crippen LogP contribution >= 0.6 is 0 Å². The smallest absolute Gasteiger partial charge is 0.342 e. The molecular formula is C7H10N4O3. The molecular weight excluding hydrogens is 188 g/mol. The molecule has 0 radical (unpaired) electrons. The molecule has 7 nitrogen and oxygen atoms in total. The molecule has 76 valence electrons. The maximum atomic E-state index is 11.3. The van der Waals surface area contributed by atoms with E-state index in [1.165, 1.54) is 0 Å². The zero-order valence-corrected chi connectivity index (χ0v) is 7.36. The molecule has 1 aliphatic rings. The largest absolute Gasteiger partial charge is 0.391 e. The highest BCUT2D eigenvalue weighted by Gasteiger charge is 2.23. The Bertz CT molecular complexity index is 437. The van der Waals surface area contributed by atoms with E-state index in [4.69, 9.17) is 0 Å². The molecule has 0 spiro atoms. The van der Waals surface area contributed by atoms with Gasteiger partial charge in [0.25, 0.3) is 5.56 Å². The van der Waals surface area contributed by atoms with E-state index in [2.05, 4.69) is 15.2 Å². The van der Waals surface area contributed by atoms with Crippen LogP contribution in [0.4, 0.5) is 5.82 Å². The Balaban J connectivity index is 2.33. The molecule has 0 aliphatic carbocycles. The van der Waals surface area contributed by atoms with Gasteiger partial charge in [-0.25, -0.2) is 9.89 Å². The van der Waals surface area contributed by atoms with Crippen LogP contribution in [0.25, 0.3) is 0 Å². The molecule has 1 atom stereocenters. The van der Waals surface area contributed by atoms with Gasteiger partial charge in [0.2, 0.25) is 5.82 Å². The van der Waals surface area contributed by atoms with Gasteiger partial charge in [-0.05, 0) is 6.42 Å². The van der Waals surface area contributed by atoms with Crippen molar-refractivity contribution >= 4 is 5.82 Å². The third-order valence-corrected chi connectivity index (χ3v) is 2.16. The van der Waals surface area contributed by atoms with Crippen LogP contribution in [0.15, 0.2) is 9.59 Å². The van der Waals surface area contributed by atoms with Gasteiger partial charge in [-0.2, -0.15) is 0 Å². The number of nitrogens with one attached hydrogen (secondary N) is 2. The summed E-state index contributed by atoms with van der Waals surface area (Å²) >= 11 is 0. The molecule has 0 amide bonds.